The number of allylic oxidation sites excluding steroid dienone is 1. The Morgan fingerprint density at radius 3 is 2.38 bits per heavy atom. The highest BCUT2D eigenvalue weighted by Gasteiger charge is 2.11. The highest BCUT2D eigenvalue weighted by Crippen LogP contribution is 2.13. The Balaban J connectivity index is 3.02. The van der Waals surface area contributed by atoms with Gasteiger partial charge in [0.05, 0.1) is 0 Å². The molecule has 1 rings (SSSR count). The smallest absolute Gasteiger partial charge is 0.205 e. The van der Waals surface area contributed by atoms with Gasteiger partial charge in [-0.05, 0) is 24.3 Å². The summed E-state index contributed by atoms with van der Waals surface area (Å²) in [7, 11) is 3.51. The molecule has 0 saturated heterocycles. The first kappa shape index (κ1) is 12.3. The van der Waals surface area contributed by atoms with Crippen molar-refractivity contribution in [2.45, 2.75) is 0 Å². The van der Waals surface area contributed by atoms with Crippen LogP contribution >= 0.6 is 11.6 Å². The lowest BCUT2D eigenvalue weighted by molar-refractivity contribution is 0.103. The Labute approximate surface area is 99.5 Å². The first-order valence-electron chi connectivity index (χ1n) is 4.63. The van der Waals surface area contributed by atoms with Crippen molar-refractivity contribution in [1.29, 1.82) is 5.26 Å². The van der Waals surface area contributed by atoms with E-state index in [1.54, 1.807) is 43.3 Å². The summed E-state index contributed by atoms with van der Waals surface area (Å²) in [6.45, 7) is 0. The van der Waals surface area contributed by atoms with Crippen molar-refractivity contribution >= 4 is 17.4 Å². The van der Waals surface area contributed by atoms with Crippen molar-refractivity contribution in [3.8, 4) is 6.07 Å². The maximum atomic E-state index is 11.9. The van der Waals surface area contributed by atoms with Crippen LogP contribution in [0.2, 0.25) is 5.02 Å². The fourth-order valence-corrected chi connectivity index (χ4v) is 1.28. The van der Waals surface area contributed by atoms with Crippen molar-refractivity contribution < 1.29 is 4.79 Å². The minimum absolute atomic E-state index is 0.104. The summed E-state index contributed by atoms with van der Waals surface area (Å²) in [5.74, 6) is -0.298. The van der Waals surface area contributed by atoms with E-state index < -0.39 is 0 Å². The lowest BCUT2D eigenvalue weighted by atomic mass is 10.1. The van der Waals surface area contributed by atoms with Crippen LogP contribution in [0.3, 0.4) is 0 Å². The van der Waals surface area contributed by atoms with Crippen molar-refractivity contribution in [1.82, 2.24) is 4.90 Å². The number of nitriles is 1. The predicted molar refractivity (Wildman–Crippen MR) is 63.2 cm³/mol. The molecule has 0 spiro atoms. The van der Waals surface area contributed by atoms with Gasteiger partial charge in [0.2, 0.25) is 5.78 Å². The second kappa shape index (κ2) is 5.34. The van der Waals surface area contributed by atoms with E-state index in [1.165, 1.54) is 6.20 Å². The van der Waals surface area contributed by atoms with Crippen LogP contribution in [0.5, 0.6) is 0 Å². The van der Waals surface area contributed by atoms with Crippen molar-refractivity contribution in [2.75, 3.05) is 14.1 Å². The van der Waals surface area contributed by atoms with Gasteiger partial charge in [0, 0.05) is 30.9 Å². The zero-order valence-electron chi connectivity index (χ0n) is 9.07. The lowest BCUT2D eigenvalue weighted by Gasteiger charge is -2.05. The molecule has 1 aromatic rings. The molecule has 0 unspecified atom stereocenters. The lowest BCUT2D eigenvalue weighted by Crippen LogP contribution is -2.08. The van der Waals surface area contributed by atoms with Gasteiger partial charge in [-0.2, -0.15) is 5.26 Å². The van der Waals surface area contributed by atoms with Crippen LogP contribution in [0, 0.1) is 11.3 Å². The molecular formula is C12H11ClN2O. The number of ketones is 1. The molecule has 0 atom stereocenters. The summed E-state index contributed by atoms with van der Waals surface area (Å²) in [5, 5.41) is 9.43. The van der Waals surface area contributed by atoms with Gasteiger partial charge in [-0.15, -0.1) is 0 Å². The number of Topliss-reactive ketones (excluding diaryl/α,β-unsaturated/α-hetero) is 1. The largest absolute Gasteiger partial charge is 0.382 e. The van der Waals surface area contributed by atoms with E-state index in [1.807, 2.05) is 6.07 Å². The summed E-state index contributed by atoms with van der Waals surface area (Å²) in [6.07, 6.45) is 1.50. The van der Waals surface area contributed by atoms with Crippen molar-refractivity contribution in [3.63, 3.8) is 0 Å². The van der Waals surface area contributed by atoms with Crippen LogP contribution in [0.4, 0.5) is 0 Å². The Morgan fingerprint density at radius 1 is 1.38 bits per heavy atom. The van der Waals surface area contributed by atoms with Gasteiger partial charge < -0.3 is 4.90 Å². The van der Waals surface area contributed by atoms with Gasteiger partial charge in [0.25, 0.3) is 0 Å². The number of hydrogen-bond donors (Lipinski definition) is 0. The third kappa shape index (κ3) is 3.11. The molecule has 3 nitrogen and oxygen atoms in total. The molecule has 16 heavy (non-hydrogen) atoms. The number of halogens is 1. The minimum Gasteiger partial charge on any atom is -0.382 e. The van der Waals surface area contributed by atoms with E-state index in [0.717, 1.165) is 0 Å². The van der Waals surface area contributed by atoms with Gasteiger partial charge in [0.15, 0.2) is 0 Å². The van der Waals surface area contributed by atoms with E-state index in [2.05, 4.69) is 0 Å². The second-order valence-corrected chi connectivity index (χ2v) is 3.89. The summed E-state index contributed by atoms with van der Waals surface area (Å²) in [4.78, 5) is 13.5. The molecule has 0 aromatic heterocycles. The zero-order chi connectivity index (χ0) is 12.1. The molecule has 0 amide bonds. The number of benzene rings is 1. The highest BCUT2D eigenvalue weighted by molar-refractivity contribution is 6.30. The van der Waals surface area contributed by atoms with E-state index in [0.29, 0.717) is 10.6 Å². The second-order valence-electron chi connectivity index (χ2n) is 3.45. The highest BCUT2D eigenvalue weighted by atomic mass is 35.5. The fourth-order valence-electron chi connectivity index (χ4n) is 1.15. The van der Waals surface area contributed by atoms with Gasteiger partial charge >= 0.3 is 0 Å². The Hall–Kier alpha value is -1.79. The van der Waals surface area contributed by atoms with E-state index in [9.17, 15) is 4.79 Å². The fraction of sp³-hybridized carbons (Fsp3) is 0.167. The summed E-state index contributed by atoms with van der Waals surface area (Å²) in [5.41, 5.74) is 0.561. The third-order valence-electron chi connectivity index (χ3n) is 1.86. The van der Waals surface area contributed by atoms with Gasteiger partial charge in [-0.25, -0.2) is 0 Å². The van der Waals surface area contributed by atoms with Crippen molar-refractivity contribution in [2.24, 2.45) is 0 Å². The Bertz CT molecular complexity index is 455. The third-order valence-corrected chi connectivity index (χ3v) is 2.11. The van der Waals surface area contributed by atoms with Crippen LogP contribution < -0.4 is 0 Å². The van der Waals surface area contributed by atoms with Gasteiger partial charge in [0.1, 0.15) is 11.6 Å². The molecule has 0 heterocycles. The van der Waals surface area contributed by atoms with Crippen LogP contribution in [-0.2, 0) is 0 Å². The SMILES string of the molecule is CN(C)/C=C(\C#N)C(=O)c1ccc(Cl)cc1. The average molecular weight is 235 g/mol. The number of carbonyl (C=O) groups excluding carboxylic acids is 1. The van der Waals surface area contributed by atoms with Gasteiger partial charge in [-0.3, -0.25) is 4.79 Å². The molecule has 0 bridgehead atoms. The molecule has 0 aliphatic heterocycles. The molecule has 0 aliphatic carbocycles. The molecular weight excluding hydrogens is 224 g/mol. The zero-order valence-corrected chi connectivity index (χ0v) is 9.82. The molecule has 0 aliphatic rings. The van der Waals surface area contributed by atoms with E-state index in [4.69, 9.17) is 16.9 Å². The minimum atomic E-state index is -0.298. The standard InChI is InChI=1S/C12H11ClN2O/c1-15(2)8-10(7-14)12(16)9-3-5-11(13)6-4-9/h3-6,8H,1-2H3/b10-8+. The van der Waals surface area contributed by atoms with Crippen molar-refractivity contribution in [3.05, 3.63) is 46.6 Å². The van der Waals surface area contributed by atoms with E-state index in [-0.39, 0.29) is 11.4 Å². The summed E-state index contributed by atoms with van der Waals surface area (Å²) < 4.78 is 0. The van der Waals surface area contributed by atoms with Crippen LogP contribution in [0.25, 0.3) is 0 Å². The molecule has 0 fully saturated rings. The number of hydrogen-bond acceptors (Lipinski definition) is 3. The van der Waals surface area contributed by atoms with Crippen LogP contribution in [-0.4, -0.2) is 24.8 Å². The molecule has 1 aromatic carbocycles. The maximum absolute atomic E-state index is 11.9. The topological polar surface area (TPSA) is 44.1 Å². The normalized spacial score (nSPS) is 10.8. The Kier molecular flexibility index (Phi) is 4.10. The predicted octanol–water partition coefficient (Wildman–Crippen LogP) is 2.49. The average Bonchev–Trinajstić information content (AvgIpc) is 2.25. The first-order valence-corrected chi connectivity index (χ1v) is 5.01. The molecule has 82 valence electrons. The molecule has 0 saturated carbocycles. The molecule has 0 N–H and O–H groups in total. The van der Waals surface area contributed by atoms with Gasteiger partial charge in [-0.1, -0.05) is 11.6 Å². The summed E-state index contributed by atoms with van der Waals surface area (Å²) >= 11 is 5.71. The molecule has 0 radical (unpaired) electrons. The summed E-state index contributed by atoms with van der Waals surface area (Å²) in [6, 6.07) is 8.34. The number of carbonyl (C=O) groups is 1. The maximum Gasteiger partial charge on any atom is 0.205 e. The van der Waals surface area contributed by atoms with E-state index >= 15 is 0 Å². The number of rotatable bonds is 3. The first-order chi connectivity index (χ1) is 7.54. The molecule has 4 heteroatoms. The van der Waals surface area contributed by atoms with Crippen LogP contribution in [0.1, 0.15) is 10.4 Å². The van der Waals surface area contributed by atoms with Crippen LogP contribution in [0.15, 0.2) is 36.0 Å². The Morgan fingerprint density at radius 2 is 1.94 bits per heavy atom. The monoisotopic (exact) mass is 234 g/mol. The number of nitrogens with zero attached hydrogens (tertiary/aromatic N) is 2. The quantitative estimate of drug-likeness (QED) is 0.459.